The number of rotatable bonds is 7. The Morgan fingerprint density at radius 2 is 1.75 bits per heavy atom. The van der Waals surface area contributed by atoms with Gasteiger partial charge in [-0.1, -0.05) is 18.2 Å². The van der Waals surface area contributed by atoms with Crippen LogP contribution in [-0.2, 0) is 16.9 Å². The number of fused-ring (bicyclic) bond motifs is 1. The molecule has 186 valence electrons. The number of esters is 1. The van der Waals surface area contributed by atoms with E-state index in [9.17, 15) is 18.4 Å². The van der Waals surface area contributed by atoms with E-state index in [4.69, 9.17) is 9.47 Å². The average molecular weight is 494 g/mol. The number of aryl methyl sites for hydroxylation is 1. The number of halogens is 2. The van der Waals surface area contributed by atoms with Gasteiger partial charge in [0.1, 0.15) is 23.9 Å². The van der Waals surface area contributed by atoms with Crippen molar-refractivity contribution in [2.24, 2.45) is 0 Å². The number of nitrogens with zero attached hydrogens (tertiary/aromatic N) is 2. The van der Waals surface area contributed by atoms with Crippen molar-refractivity contribution >= 4 is 17.5 Å². The molecule has 0 spiro atoms. The van der Waals surface area contributed by atoms with Gasteiger partial charge in [0.05, 0.1) is 29.5 Å². The third kappa shape index (κ3) is 4.77. The number of benzene rings is 2. The fourth-order valence-electron chi connectivity index (χ4n) is 3.93. The Kier molecular flexibility index (Phi) is 6.74. The standard InChI is InChI=1S/C27H25F2N3O4/c1-16-23(25(33)31-27(2,3)18-9-5-8-17(14-18)26(34)35-4)32-13-7-12-22(24(32)30-16)36-15-19-20(28)10-6-11-21(19)29/h5-14H,15H2,1-4H3,(H,31,33). The van der Waals surface area contributed by atoms with Gasteiger partial charge in [-0.2, -0.15) is 0 Å². The number of ether oxygens (including phenoxy) is 2. The van der Waals surface area contributed by atoms with Gasteiger partial charge in [0, 0.05) is 6.20 Å². The van der Waals surface area contributed by atoms with Gasteiger partial charge in [-0.25, -0.2) is 18.6 Å². The zero-order valence-corrected chi connectivity index (χ0v) is 20.3. The van der Waals surface area contributed by atoms with Crippen LogP contribution >= 0.6 is 0 Å². The SMILES string of the molecule is COC(=O)c1cccc(C(C)(C)NC(=O)c2c(C)nc3c(OCc4c(F)cccc4F)cccn23)c1. The molecular formula is C27H25F2N3O4. The Morgan fingerprint density at radius 1 is 1.06 bits per heavy atom. The summed E-state index contributed by atoms with van der Waals surface area (Å²) in [5, 5.41) is 2.99. The van der Waals surface area contributed by atoms with E-state index in [-0.39, 0.29) is 23.6 Å². The molecule has 0 bridgehead atoms. The first-order chi connectivity index (χ1) is 17.1. The van der Waals surface area contributed by atoms with Crippen molar-refractivity contribution in [3.63, 3.8) is 0 Å². The smallest absolute Gasteiger partial charge is 0.337 e. The molecule has 0 aliphatic rings. The lowest BCUT2D eigenvalue weighted by Crippen LogP contribution is -2.41. The Balaban J connectivity index is 1.61. The topological polar surface area (TPSA) is 81.9 Å². The molecule has 0 saturated carbocycles. The molecule has 2 aromatic heterocycles. The normalized spacial score (nSPS) is 11.4. The zero-order valence-electron chi connectivity index (χ0n) is 20.3. The van der Waals surface area contributed by atoms with Gasteiger partial charge >= 0.3 is 5.97 Å². The molecule has 9 heteroatoms. The molecule has 0 atom stereocenters. The monoisotopic (exact) mass is 493 g/mol. The second-order valence-corrected chi connectivity index (χ2v) is 8.75. The van der Waals surface area contributed by atoms with Crippen molar-refractivity contribution in [2.45, 2.75) is 32.9 Å². The zero-order chi connectivity index (χ0) is 26.0. The van der Waals surface area contributed by atoms with Crippen LogP contribution in [0.2, 0.25) is 0 Å². The van der Waals surface area contributed by atoms with Gasteiger partial charge in [-0.3, -0.25) is 9.20 Å². The number of carbonyl (C=O) groups is 2. The van der Waals surface area contributed by atoms with Crippen LogP contribution in [0.1, 0.15) is 51.5 Å². The second kappa shape index (κ2) is 9.77. The number of hydrogen-bond donors (Lipinski definition) is 1. The Hall–Kier alpha value is -4.27. The number of imidazole rings is 1. The molecule has 0 aliphatic carbocycles. The van der Waals surface area contributed by atoms with Gasteiger partial charge in [0.25, 0.3) is 5.91 Å². The molecule has 7 nitrogen and oxygen atoms in total. The second-order valence-electron chi connectivity index (χ2n) is 8.75. The number of aromatic nitrogens is 2. The van der Waals surface area contributed by atoms with Crippen LogP contribution in [0, 0.1) is 18.6 Å². The molecule has 4 rings (SSSR count). The van der Waals surface area contributed by atoms with Crippen molar-refractivity contribution in [3.05, 3.63) is 101 Å². The molecule has 0 unspecified atom stereocenters. The lowest BCUT2D eigenvalue weighted by Gasteiger charge is -2.27. The molecule has 0 fully saturated rings. The lowest BCUT2D eigenvalue weighted by molar-refractivity contribution is 0.0600. The number of amides is 1. The first-order valence-corrected chi connectivity index (χ1v) is 11.2. The minimum Gasteiger partial charge on any atom is -0.485 e. The summed E-state index contributed by atoms with van der Waals surface area (Å²) in [5.74, 6) is -2.02. The van der Waals surface area contributed by atoms with E-state index in [2.05, 4.69) is 10.3 Å². The number of hydrogen-bond acceptors (Lipinski definition) is 5. The Labute approximate surface area is 206 Å². The van der Waals surface area contributed by atoms with Crippen LogP contribution in [0.25, 0.3) is 5.65 Å². The average Bonchev–Trinajstić information content (AvgIpc) is 3.19. The minimum atomic E-state index is -0.839. The van der Waals surface area contributed by atoms with E-state index in [1.165, 1.54) is 13.2 Å². The molecular weight excluding hydrogens is 468 g/mol. The molecule has 0 aliphatic heterocycles. The fraction of sp³-hybridized carbons (Fsp3) is 0.222. The van der Waals surface area contributed by atoms with E-state index in [0.29, 0.717) is 22.5 Å². The maximum absolute atomic E-state index is 14.0. The number of nitrogens with one attached hydrogen (secondary N) is 1. The van der Waals surface area contributed by atoms with Crippen molar-refractivity contribution in [1.29, 1.82) is 0 Å². The summed E-state index contributed by atoms with van der Waals surface area (Å²) in [6.45, 7) is 4.98. The lowest BCUT2D eigenvalue weighted by atomic mass is 9.92. The summed E-state index contributed by atoms with van der Waals surface area (Å²) in [5.41, 5.74) is 1.11. The third-order valence-corrected chi connectivity index (χ3v) is 5.87. The van der Waals surface area contributed by atoms with Gasteiger partial charge in [0.2, 0.25) is 0 Å². The van der Waals surface area contributed by atoms with Crippen LogP contribution in [0.5, 0.6) is 5.75 Å². The van der Waals surface area contributed by atoms with Crippen LogP contribution in [0.3, 0.4) is 0 Å². The third-order valence-electron chi connectivity index (χ3n) is 5.87. The maximum Gasteiger partial charge on any atom is 0.337 e. The van der Waals surface area contributed by atoms with E-state index < -0.39 is 29.0 Å². The van der Waals surface area contributed by atoms with Gasteiger partial charge in [-0.05, 0) is 62.7 Å². The van der Waals surface area contributed by atoms with Crippen LogP contribution in [-0.4, -0.2) is 28.4 Å². The van der Waals surface area contributed by atoms with E-state index >= 15 is 0 Å². The predicted octanol–water partition coefficient (Wildman–Crippen LogP) is 4.95. The van der Waals surface area contributed by atoms with E-state index in [0.717, 1.165) is 12.1 Å². The van der Waals surface area contributed by atoms with Crippen LogP contribution in [0.4, 0.5) is 8.78 Å². The highest BCUT2D eigenvalue weighted by Crippen LogP contribution is 2.26. The molecule has 2 heterocycles. The molecule has 2 aromatic carbocycles. The summed E-state index contributed by atoms with van der Waals surface area (Å²) in [7, 11) is 1.31. The van der Waals surface area contributed by atoms with Crippen LogP contribution < -0.4 is 10.1 Å². The number of pyridine rings is 1. The van der Waals surface area contributed by atoms with Crippen molar-refractivity contribution in [2.75, 3.05) is 7.11 Å². The maximum atomic E-state index is 14.0. The van der Waals surface area contributed by atoms with E-state index in [1.807, 2.05) is 19.9 Å². The fourth-order valence-corrected chi connectivity index (χ4v) is 3.93. The molecule has 36 heavy (non-hydrogen) atoms. The minimum absolute atomic E-state index is 0.198. The Morgan fingerprint density at radius 3 is 2.44 bits per heavy atom. The summed E-state index contributed by atoms with van der Waals surface area (Å²) in [4.78, 5) is 29.8. The van der Waals surface area contributed by atoms with Gasteiger partial charge in [0.15, 0.2) is 11.4 Å². The first kappa shape index (κ1) is 24.8. The first-order valence-electron chi connectivity index (χ1n) is 11.2. The summed E-state index contributed by atoms with van der Waals surface area (Å²) in [6, 6.07) is 13.7. The molecule has 1 N–H and O–H groups in total. The summed E-state index contributed by atoms with van der Waals surface area (Å²) < 4.78 is 40.1. The number of methoxy groups -OCH3 is 1. The highest BCUT2D eigenvalue weighted by molar-refractivity contribution is 5.95. The molecule has 0 saturated heterocycles. The van der Waals surface area contributed by atoms with E-state index in [1.54, 1.807) is 47.9 Å². The van der Waals surface area contributed by atoms with Crippen molar-refractivity contribution in [3.8, 4) is 5.75 Å². The Bertz CT molecular complexity index is 1440. The predicted molar refractivity (Wildman–Crippen MR) is 129 cm³/mol. The highest BCUT2D eigenvalue weighted by Gasteiger charge is 2.28. The largest absolute Gasteiger partial charge is 0.485 e. The van der Waals surface area contributed by atoms with Gasteiger partial charge in [-0.15, -0.1) is 0 Å². The van der Waals surface area contributed by atoms with Crippen molar-refractivity contribution in [1.82, 2.24) is 14.7 Å². The van der Waals surface area contributed by atoms with Crippen molar-refractivity contribution < 1.29 is 27.8 Å². The summed E-state index contributed by atoms with van der Waals surface area (Å²) in [6.07, 6.45) is 1.66. The quantitative estimate of drug-likeness (QED) is 0.369. The van der Waals surface area contributed by atoms with Gasteiger partial charge < -0.3 is 14.8 Å². The highest BCUT2D eigenvalue weighted by atomic mass is 19.1. The number of carbonyl (C=O) groups excluding carboxylic acids is 2. The molecule has 4 aromatic rings. The molecule has 0 radical (unpaired) electrons. The summed E-state index contributed by atoms with van der Waals surface area (Å²) >= 11 is 0. The van der Waals surface area contributed by atoms with Crippen LogP contribution in [0.15, 0.2) is 60.8 Å². The molecule has 1 amide bonds.